The lowest BCUT2D eigenvalue weighted by Gasteiger charge is -2.45. The summed E-state index contributed by atoms with van der Waals surface area (Å²) >= 11 is 0. The van der Waals surface area contributed by atoms with Crippen LogP contribution in [0.2, 0.25) is 0 Å². The van der Waals surface area contributed by atoms with Gasteiger partial charge in [0.25, 0.3) is 0 Å². The molecule has 1 saturated carbocycles. The number of rotatable bonds is 2. The third kappa shape index (κ3) is 3.53. The van der Waals surface area contributed by atoms with Gasteiger partial charge in [-0.2, -0.15) is 10.4 Å². The number of nitrogens with one attached hydrogen (secondary N) is 1. The van der Waals surface area contributed by atoms with Crippen LogP contribution < -0.4 is 5.32 Å². The number of nitriles is 1. The van der Waals surface area contributed by atoms with Crippen LogP contribution in [-0.4, -0.2) is 16.2 Å². The third-order valence-electron chi connectivity index (χ3n) is 4.46. The van der Waals surface area contributed by atoms with Crippen molar-refractivity contribution in [3.05, 3.63) is 16.8 Å². The summed E-state index contributed by atoms with van der Waals surface area (Å²) < 4.78 is 0. The van der Waals surface area contributed by atoms with Crippen LogP contribution in [0.5, 0.6) is 0 Å². The molecule has 0 bridgehead atoms. The minimum Gasteiger partial charge on any atom is -0.365 e. The van der Waals surface area contributed by atoms with E-state index >= 15 is 0 Å². The molecular weight excluding hydrogens is 260 g/mol. The van der Waals surface area contributed by atoms with Gasteiger partial charge in [-0.1, -0.05) is 27.7 Å². The van der Waals surface area contributed by atoms with Gasteiger partial charge in [-0.15, -0.1) is 5.10 Å². The molecule has 1 fully saturated rings. The monoisotopic (exact) mass is 286 g/mol. The smallest absolute Gasteiger partial charge is 0.167 e. The average molecular weight is 286 g/mol. The molecule has 0 aromatic carbocycles. The van der Waals surface area contributed by atoms with Crippen molar-refractivity contribution in [2.45, 2.75) is 66.8 Å². The molecule has 2 rings (SSSR count). The Hall–Kier alpha value is -1.63. The maximum Gasteiger partial charge on any atom is 0.167 e. The minimum atomic E-state index is 0.305. The van der Waals surface area contributed by atoms with Crippen molar-refractivity contribution in [3.63, 3.8) is 0 Å². The van der Waals surface area contributed by atoms with Crippen molar-refractivity contribution in [2.75, 3.05) is 5.32 Å². The molecule has 1 aliphatic rings. The van der Waals surface area contributed by atoms with E-state index in [0.717, 1.165) is 24.1 Å². The predicted octanol–water partition coefficient (Wildman–Crippen LogP) is 3.98. The fourth-order valence-electron chi connectivity index (χ4n) is 3.99. The first-order valence-corrected chi connectivity index (χ1v) is 7.64. The van der Waals surface area contributed by atoms with Gasteiger partial charge in [0.2, 0.25) is 0 Å². The lowest BCUT2D eigenvalue weighted by Crippen LogP contribution is -2.40. The highest BCUT2D eigenvalue weighted by molar-refractivity contribution is 5.56. The molecular formula is C17H26N4. The van der Waals surface area contributed by atoms with Gasteiger partial charge >= 0.3 is 0 Å². The predicted molar refractivity (Wildman–Crippen MR) is 85.0 cm³/mol. The number of anilines is 1. The fraction of sp³-hybridized carbons (Fsp3) is 0.706. The minimum absolute atomic E-state index is 0.305. The van der Waals surface area contributed by atoms with Crippen molar-refractivity contribution in [1.82, 2.24) is 10.2 Å². The number of aryl methyl sites for hydroxylation is 1. The highest BCUT2D eigenvalue weighted by Gasteiger charge is 2.38. The second kappa shape index (κ2) is 5.29. The second-order valence-electron chi connectivity index (χ2n) is 8.00. The molecule has 0 saturated heterocycles. The Morgan fingerprint density at radius 2 is 1.67 bits per heavy atom. The van der Waals surface area contributed by atoms with Gasteiger partial charge < -0.3 is 5.32 Å². The first kappa shape index (κ1) is 15.8. The molecule has 1 heterocycles. The molecule has 1 aromatic heterocycles. The molecule has 1 aliphatic carbocycles. The summed E-state index contributed by atoms with van der Waals surface area (Å²) in [6.45, 7) is 13.1. The first-order chi connectivity index (χ1) is 9.63. The van der Waals surface area contributed by atoms with Crippen LogP contribution in [0.3, 0.4) is 0 Å². The van der Waals surface area contributed by atoms with E-state index < -0.39 is 0 Å². The normalized spacial score (nSPS) is 20.8. The fourth-order valence-corrected chi connectivity index (χ4v) is 3.99. The standard InChI is InChI=1S/C17H26N4/c1-11-12(2)20-21-15(14(11)9-18)19-13-7-16(3,4)10-17(5,6)8-13/h13H,7-8,10H2,1-6H3,(H,19,21). The third-order valence-corrected chi connectivity index (χ3v) is 4.46. The Bertz CT molecular complexity index is 565. The van der Waals surface area contributed by atoms with E-state index in [2.05, 4.69) is 49.3 Å². The van der Waals surface area contributed by atoms with Gasteiger partial charge in [0, 0.05) is 6.04 Å². The summed E-state index contributed by atoms with van der Waals surface area (Å²) in [4.78, 5) is 0. The molecule has 21 heavy (non-hydrogen) atoms. The quantitative estimate of drug-likeness (QED) is 0.893. The molecule has 1 aromatic rings. The van der Waals surface area contributed by atoms with Gasteiger partial charge in [-0.3, -0.25) is 0 Å². The molecule has 0 aliphatic heterocycles. The maximum absolute atomic E-state index is 9.40. The van der Waals surface area contributed by atoms with Crippen molar-refractivity contribution in [1.29, 1.82) is 5.26 Å². The topological polar surface area (TPSA) is 61.6 Å². The molecule has 4 nitrogen and oxygen atoms in total. The highest BCUT2D eigenvalue weighted by atomic mass is 15.2. The lowest BCUT2D eigenvalue weighted by atomic mass is 9.63. The summed E-state index contributed by atoms with van der Waals surface area (Å²) in [5.41, 5.74) is 2.98. The largest absolute Gasteiger partial charge is 0.365 e. The van der Waals surface area contributed by atoms with Gasteiger partial charge in [0.05, 0.1) is 5.69 Å². The van der Waals surface area contributed by atoms with Crippen LogP contribution in [0.15, 0.2) is 0 Å². The summed E-state index contributed by atoms with van der Waals surface area (Å²) in [7, 11) is 0. The Balaban J connectivity index is 2.27. The van der Waals surface area contributed by atoms with Gasteiger partial charge in [-0.25, -0.2) is 0 Å². The van der Waals surface area contributed by atoms with Crippen LogP contribution in [0.4, 0.5) is 5.82 Å². The van der Waals surface area contributed by atoms with Crippen LogP contribution in [0.25, 0.3) is 0 Å². The second-order valence-corrected chi connectivity index (χ2v) is 8.00. The van der Waals surface area contributed by atoms with Crippen LogP contribution in [0, 0.1) is 36.0 Å². The zero-order valence-corrected chi connectivity index (χ0v) is 14.0. The van der Waals surface area contributed by atoms with E-state index in [-0.39, 0.29) is 0 Å². The average Bonchev–Trinajstić information content (AvgIpc) is 2.30. The highest BCUT2D eigenvalue weighted by Crippen LogP contribution is 2.46. The number of nitrogens with zero attached hydrogens (tertiary/aromatic N) is 3. The number of hydrogen-bond acceptors (Lipinski definition) is 4. The Morgan fingerprint density at radius 3 is 2.19 bits per heavy atom. The van der Waals surface area contributed by atoms with Crippen LogP contribution in [-0.2, 0) is 0 Å². The number of hydrogen-bond donors (Lipinski definition) is 1. The molecule has 4 heteroatoms. The van der Waals surface area contributed by atoms with Crippen LogP contribution in [0.1, 0.15) is 63.8 Å². The SMILES string of the molecule is Cc1nnc(NC2CC(C)(C)CC(C)(C)C2)c(C#N)c1C. The molecule has 1 N–H and O–H groups in total. The lowest BCUT2D eigenvalue weighted by molar-refractivity contribution is 0.105. The van der Waals surface area contributed by atoms with Gasteiger partial charge in [0.15, 0.2) is 5.82 Å². The molecule has 0 amide bonds. The van der Waals surface area contributed by atoms with Crippen molar-refractivity contribution >= 4 is 5.82 Å². The first-order valence-electron chi connectivity index (χ1n) is 7.64. The van der Waals surface area contributed by atoms with Gasteiger partial charge in [0.1, 0.15) is 11.6 Å². The molecule has 0 radical (unpaired) electrons. The zero-order valence-electron chi connectivity index (χ0n) is 14.0. The Labute approximate surface area is 128 Å². The molecule has 0 atom stereocenters. The Morgan fingerprint density at radius 1 is 1.10 bits per heavy atom. The van der Waals surface area contributed by atoms with Crippen LogP contribution >= 0.6 is 0 Å². The van der Waals surface area contributed by atoms with Gasteiger partial charge in [-0.05, 0) is 49.5 Å². The summed E-state index contributed by atoms with van der Waals surface area (Å²) in [6, 6.07) is 2.61. The molecule has 0 spiro atoms. The zero-order chi connectivity index (χ0) is 15.8. The van der Waals surface area contributed by atoms with E-state index in [1.807, 2.05) is 13.8 Å². The molecule has 114 valence electrons. The maximum atomic E-state index is 9.40. The van der Waals surface area contributed by atoms with Crippen molar-refractivity contribution < 1.29 is 0 Å². The van der Waals surface area contributed by atoms with E-state index in [1.54, 1.807) is 0 Å². The van der Waals surface area contributed by atoms with Crippen molar-refractivity contribution in [3.8, 4) is 6.07 Å². The van der Waals surface area contributed by atoms with E-state index in [1.165, 1.54) is 6.42 Å². The van der Waals surface area contributed by atoms with E-state index in [4.69, 9.17) is 0 Å². The van der Waals surface area contributed by atoms with E-state index in [9.17, 15) is 5.26 Å². The van der Waals surface area contributed by atoms with Crippen molar-refractivity contribution in [2.24, 2.45) is 10.8 Å². The summed E-state index contributed by atoms with van der Waals surface area (Å²) in [5.74, 6) is 0.638. The summed E-state index contributed by atoms with van der Waals surface area (Å²) in [6.07, 6.45) is 3.41. The Kier molecular flexibility index (Phi) is 3.97. The summed E-state index contributed by atoms with van der Waals surface area (Å²) in [5, 5.41) is 21.3. The van der Waals surface area contributed by atoms with E-state index in [0.29, 0.717) is 28.3 Å². The molecule has 0 unspecified atom stereocenters. The number of aromatic nitrogens is 2.